The lowest BCUT2D eigenvalue weighted by molar-refractivity contribution is -0.0270. The molecule has 0 fully saturated rings. The average Bonchev–Trinajstić information content (AvgIpc) is 1.84. The molecule has 0 aliphatic rings. The molecule has 0 saturated carbocycles. The second-order valence-corrected chi connectivity index (χ2v) is 2.76. The maximum absolute atomic E-state index is 5.42. The summed E-state index contributed by atoms with van der Waals surface area (Å²) in [5.74, 6) is 0. The Morgan fingerprint density at radius 1 is 1.44 bits per heavy atom. The number of hydrogen-bond acceptors (Lipinski definition) is 2. The molecule has 0 radical (unpaired) electrons. The van der Waals surface area contributed by atoms with Crippen LogP contribution in [-0.4, -0.2) is 19.4 Å². The molecule has 0 aliphatic carbocycles. The van der Waals surface area contributed by atoms with Gasteiger partial charge in [0.05, 0.1) is 12.3 Å². The van der Waals surface area contributed by atoms with E-state index >= 15 is 0 Å². The van der Waals surface area contributed by atoms with E-state index in [1.807, 2.05) is 7.05 Å². The quantitative estimate of drug-likeness (QED) is 0.582. The van der Waals surface area contributed by atoms with Crippen molar-refractivity contribution < 1.29 is 4.74 Å². The van der Waals surface area contributed by atoms with E-state index < -0.39 is 0 Å². The number of hydrogen-bond donors (Lipinski definition) is 1. The van der Waals surface area contributed by atoms with Gasteiger partial charge in [-0.05, 0) is 27.3 Å². The normalized spacial score (nSPS) is 12.0. The minimum atomic E-state index is 0.0308. The van der Waals surface area contributed by atoms with Gasteiger partial charge in [0.25, 0.3) is 0 Å². The molecule has 2 heteroatoms. The van der Waals surface area contributed by atoms with Crippen LogP contribution in [0.25, 0.3) is 0 Å². The molecule has 0 aliphatic heterocycles. The molecule has 0 heterocycles. The standard InChI is InChI=1S/C7H17NO/c1-5-7(2,3)9-6-8-4/h8H,5-6H2,1-4H3. The van der Waals surface area contributed by atoms with Gasteiger partial charge < -0.3 is 4.74 Å². The first-order chi connectivity index (χ1) is 4.12. The molecular weight excluding hydrogens is 114 g/mol. The topological polar surface area (TPSA) is 21.3 Å². The van der Waals surface area contributed by atoms with Crippen molar-refractivity contribution in [1.82, 2.24) is 5.32 Å². The summed E-state index contributed by atoms with van der Waals surface area (Å²) in [5, 5.41) is 2.94. The average molecular weight is 131 g/mol. The molecule has 0 rings (SSSR count). The highest BCUT2D eigenvalue weighted by atomic mass is 16.5. The van der Waals surface area contributed by atoms with E-state index in [-0.39, 0.29) is 5.60 Å². The van der Waals surface area contributed by atoms with E-state index in [9.17, 15) is 0 Å². The van der Waals surface area contributed by atoms with E-state index in [0.717, 1.165) is 6.42 Å². The van der Waals surface area contributed by atoms with Crippen molar-refractivity contribution in [3.63, 3.8) is 0 Å². The van der Waals surface area contributed by atoms with Gasteiger partial charge >= 0.3 is 0 Å². The maximum atomic E-state index is 5.42. The maximum Gasteiger partial charge on any atom is 0.0970 e. The zero-order chi connectivity index (χ0) is 7.33. The molecule has 0 unspecified atom stereocenters. The van der Waals surface area contributed by atoms with Crippen molar-refractivity contribution in [3.05, 3.63) is 0 Å². The zero-order valence-electron chi connectivity index (χ0n) is 6.82. The van der Waals surface area contributed by atoms with Crippen molar-refractivity contribution in [1.29, 1.82) is 0 Å². The van der Waals surface area contributed by atoms with Gasteiger partial charge in [0.2, 0.25) is 0 Å². The van der Waals surface area contributed by atoms with Crippen molar-refractivity contribution >= 4 is 0 Å². The van der Waals surface area contributed by atoms with Crippen molar-refractivity contribution in [3.8, 4) is 0 Å². The fraction of sp³-hybridized carbons (Fsp3) is 1.00. The minimum Gasteiger partial charge on any atom is -0.360 e. The van der Waals surface area contributed by atoms with Crippen molar-refractivity contribution in [2.45, 2.75) is 32.8 Å². The van der Waals surface area contributed by atoms with Gasteiger partial charge in [-0.25, -0.2) is 0 Å². The Labute approximate surface area is 57.6 Å². The predicted octanol–water partition coefficient (Wildman–Crippen LogP) is 1.37. The Kier molecular flexibility index (Phi) is 3.82. The lowest BCUT2D eigenvalue weighted by atomic mass is 10.1. The van der Waals surface area contributed by atoms with Crippen molar-refractivity contribution in [2.75, 3.05) is 13.8 Å². The Bertz CT molecular complexity index is 71.3. The van der Waals surface area contributed by atoms with Crippen LogP contribution in [0.5, 0.6) is 0 Å². The van der Waals surface area contributed by atoms with E-state index in [1.54, 1.807) is 0 Å². The van der Waals surface area contributed by atoms with Gasteiger partial charge in [-0.3, -0.25) is 5.32 Å². The van der Waals surface area contributed by atoms with Gasteiger partial charge in [0.15, 0.2) is 0 Å². The number of rotatable bonds is 4. The largest absolute Gasteiger partial charge is 0.360 e. The molecule has 1 N–H and O–H groups in total. The third-order valence-corrected chi connectivity index (χ3v) is 1.46. The highest BCUT2D eigenvalue weighted by molar-refractivity contribution is 4.63. The van der Waals surface area contributed by atoms with E-state index in [0.29, 0.717) is 6.73 Å². The van der Waals surface area contributed by atoms with E-state index in [4.69, 9.17) is 4.74 Å². The van der Waals surface area contributed by atoms with Crippen LogP contribution in [0.15, 0.2) is 0 Å². The van der Waals surface area contributed by atoms with Crippen LogP contribution in [0.1, 0.15) is 27.2 Å². The fourth-order valence-corrected chi connectivity index (χ4v) is 0.370. The first kappa shape index (κ1) is 8.92. The van der Waals surface area contributed by atoms with Crippen LogP contribution >= 0.6 is 0 Å². The van der Waals surface area contributed by atoms with E-state index in [2.05, 4.69) is 26.1 Å². The smallest absolute Gasteiger partial charge is 0.0970 e. The van der Waals surface area contributed by atoms with Gasteiger partial charge in [-0.2, -0.15) is 0 Å². The van der Waals surface area contributed by atoms with Crippen molar-refractivity contribution in [2.24, 2.45) is 0 Å². The van der Waals surface area contributed by atoms with Gasteiger partial charge in [0, 0.05) is 0 Å². The molecule has 0 bridgehead atoms. The first-order valence-electron chi connectivity index (χ1n) is 3.41. The summed E-state index contributed by atoms with van der Waals surface area (Å²) in [5.41, 5.74) is 0.0308. The highest BCUT2D eigenvalue weighted by Crippen LogP contribution is 2.11. The summed E-state index contributed by atoms with van der Waals surface area (Å²) in [6.07, 6.45) is 1.05. The Morgan fingerprint density at radius 2 is 2.00 bits per heavy atom. The Hall–Kier alpha value is -0.0800. The monoisotopic (exact) mass is 131 g/mol. The second kappa shape index (κ2) is 3.85. The first-order valence-corrected chi connectivity index (χ1v) is 3.41. The molecule has 2 nitrogen and oxygen atoms in total. The number of nitrogens with one attached hydrogen (secondary N) is 1. The third kappa shape index (κ3) is 4.43. The highest BCUT2D eigenvalue weighted by Gasteiger charge is 2.13. The van der Waals surface area contributed by atoms with Gasteiger partial charge in [-0.1, -0.05) is 6.92 Å². The van der Waals surface area contributed by atoms with Crippen LogP contribution in [0, 0.1) is 0 Å². The zero-order valence-corrected chi connectivity index (χ0v) is 6.82. The summed E-state index contributed by atoms with van der Waals surface area (Å²) in [7, 11) is 1.88. The van der Waals surface area contributed by atoms with Gasteiger partial charge in [-0.15, -0.1) is 0 Å². The molecule has 56 valence electrons. The fourth-order valence-electron chi connectivity index (χ4n) is 0.370. The number of ether oxygens (including phenoxy) is 1. The molecule has 0 aromatic heterocycles. The van der Waals surface area contributed by atoms with Crippen LogP contribution in [0.4, 0.5) is 0 Å². The second-order valence-electron chi connectivity index (χ2n) is 2.76. The summed E-state index contributed by atoms with van der Waals surface area (Å²) >= 11 is 0. The molecular formula is C7H17NO. The van der Waals surface area contributed by atoms with E-state index in [1.165, 1.54) is 0 Å². The molecule has 0 aromatic rings. The SMILES string of the molecule is CCC(C)(C)OCNC. The lowest BCUT2D eigenvalue weighted by Gasteiger charge is -2.22. The Balaban J connectivity index is 3.33. The van der Waals surface area contributed by atoms with Crippen LogP contribution in [-0.2, 0) is 4.74 Å². The summed E-state index contributed by atoms with van der Waals surface area (Å²) in [6, 6.07) is 0. The molecule has 0 aromatic carbocycles. The molecule has 0 amide bonds. The minimum absolute atomic E-state index is 0.0308. The molecule has 0 saturated heterocycles. The lowest BCUT2D eigenvalue weighted by Crippen LogP contribution is -2.28. The predicted molar refractivity (Wildman–Crippen MR) is 39.4 cm³/mol. The van der Waals surface area contributed by atoms with Gasteiger partial charge in [0.1, 0.15) is 0 Å². The molecule has 0 atom stereocenters. The molecule has 9 heavy (non-hydrogen) atoms. The van der Waals surface area contributed by atoms with Crippen LogP contribution < -0.4 is 5.32 Å². The summed E-state index contributed by atoms with van der Waals surface area (Å²) in [4.78, 5) is 0. The summed E-state index contributed by atoms with van der Waals surface area (Å²) in [6.45, 7) is 6.94. The summed E-state index contributed by atoms with van der Waals surface area (Å²) < 4.78 is 5.42. The Morgan fingerprint density at radius 3 is 2.33 bits per heavy atom. The van der Waals surface area contributed by atoms with Crippen LogP contribution in [0.2, 0.25) is 0 Å². The third-order valence-electron chi connectivity index (χ3n) is 1.46. The molecule has 0 spiro atoms. The van der Waals surface area contributed by atoms with Crippen LogP contribution in [0.3, 0.4) is 0 Å².